The van der Waals surface area contributed by atoms with Crippen molar-refractivity contribution in [3.63, 3.8) is 0 Å². The third-order valence-corrected chi connectivity index (χ3v) is 4.07. The number of hydrogen-bond donors (Lipinski definition) is 2. The monoisotopic (exact) mass is 381 g/mol. The fourth-order valence-electron chi connectivity index (χ4n) is 2.35. The molecule has 5 nitrogen and oxygen atoms in total. The minimum atomic E-state index is -0.0938. The highest BCUT2D eigenvalue weighted by atomic mass is 35.5. The Morgan fingerprint density at radius 3 is 2.48 bits per heavy atom. The largest absolute Gasteiger partial charge is 0.489 e. The lowest BCUT2D eigenvalue weighted by molar-refractivity contribution is -0.119. The number of anilines is 1. The molecule has 3 rings (SSSR count). The second kappa shape index (κ2) is 9.59. The summed E-state index contributed by atoms with van der Waals surface area (Å²) in [5.74, 6) is 0.666. The summed E-state index contributed by atoms with van der Waals surface area (Å²) in [6.45, 7) is 1.08. The second-order valence-electron chi connectivity index (χ2n) is 5.89. The molecule has 0 radical (unpaired) electrons. The molecule has 0 saturated heterocycles. The number of ether oxygens (including phenoxy) is 1. The molecule has 0 aliphatic heterocycles. The van der Waals surface area contributed by atoms with E-state index in [0.29, 0.717) is 18.2 Å². The van der Waals surface area contributed by atoms with Gasteiger partial charge >= 0.3 is 0 Å². The van der Waals surface area contributed by atoms with Crippen molar-refractivity contribution in [2.75, 3.05) is 11.9 Å². The van der Waals surface area contributed by atoms with Crippen LogP contribution >= 0.6 is 11.6 Å². The first-order valence-electron chi connectivity index (χ1n) is 8.57. The van der Waals surface area contributed by atoms with Crippen LogP contribution in [0, 0.1) is 0 Å². The lowest BCUT2D eigenvalue weighted by atomic mass is 10.2. The zero-order chi connectivity index (χ0) is 18.9. The number of carbonyl (C=O) groups excluding carboxylic acids is 1. The number of nitrogens with zero attached hydrogens (tertiary/aromatic N) is 1. The van der Waals surface area contributed by atoms with Crippen molar-refractivity contribution in [1.29, 1.82) is 0 Å². The number of nitrogens with one attached hydrogen (secondary N) is 2. The third kappa shape index (κ3) is 6.31. The fraction of sp³-hybridized carbons (Fsp3) is 0.143. The quantitative estimate of drug-likeness (QED) is 0.618. The van der Waals surface area contributed by atoms with Crippen LogP contribution in [0.5, 0.6) is 5.75 Å². The summed E-state index contributed by atoms with van der Waals surface area (Å²) in [5, 5.41) is 6.62. The number of carbonyl (C=O) groups is 1. The van der Waals surface area contributed by atoms with E-state index in [4.69, 9.17) is 16.3 Å². The van der Waals surface area contributed by atoms with Gasteiger partial charge in [0.15, 0.2) is 0 Å². The summed E-state index contributed by atoms with van der Waals surface area (Å²) in [4.78, 5) is 16.1. The molecule has 0 fully saturated rings. The summed E-state index contributed by atoms with van der Waals surface area (Å²) in [6.07, 6.45) is 1.70. The lowest BCUT2D eigenvalue weighted by Gasteiger charge is -2.10. The molecule has 1 aromatic heterocycles. The zero-order valence-corrected chi connectivity index (χ0v) is 15.4. The van der Waals surface area contributed by atoms with Crippen LogP contribution < -0.4 is 15.4 Å². The summed E-state index contributed by atoms with van der Waals surface area (Å²) in [6, 6.07) is 20.6. The van der Waals surface area contributed by atoms with E-state index in [0.717, 1.165) is 22.7 Å². The smallest absolute Gasteiger partial charge is 0.239 e. The molecule has 1 heterocycles. The predicted molar refractivity (Wildman–Crippen MR) is 107 cm³/mol. The van der Waals surface area contributed by atoms with Gasteiger partial charge in [0.25, 0.3) is 0 Å². The van der Waals surface area contributed by atoms with Crippen LogP contribution in [0.2, 0.25) is 5.02 Å². The van der Waals surface area contributed by atoms with Crippen molar-refractivity contribution in [3.8, 4) is 5.75 Å². The van der Waals surface area contributed by atoms with Gasteiger partial charge in [-0.05, 0) is 54.1 Å². The van der Waals surface area contributed by atoms with Crippen LogP contribution in [0.1, 0.15) is 11.3 Å². The molecule has 27 heavy (non-hydrogen) atoms. The van der Waals surface area contributed by atoms with E-state index in [1.165, 1.54) is 0 Å². The molecular weight excluding hydrogens is 362 g/mol. The molecular formula is C21H20ClN3O2. The molecule has 0 saturated carbocycles. The molecule has 0 unspecified atom stereocenters. The van der Waals surface area contributed by atoms with Gasteiger partial charge in [0.05, 0.1) is 18.8 Å². The van der Waals surface area contributed by atoms with Gasteiger partial charge in [-0.15, -0.1) is 0 Å². The summed E-state index contributed by atoms with van der Waals surface area (Å²) >= 11 is 5.87. The maximum absolute atomic E-state index is 11.9. The van der Waals surface area contributed by atoms with Crippen LogP contribution in [0.3, 0.4) is 0 Å². The Morgan fingerprint density at radius 2 is 1.78 bits per heavy atom. The maximum Gasteiger partial charge on any atom is 0.239 e. The Kier molecular flexibility index (Phi) is 6.66. The van der Waals surface area contributed by atoms with Crippen LogP contribution in [0.15, 0.2) is 72.9 Å². The SMILES string of the molecule is O=C(CNc1ccc(OCc2ccc(Cl)cc2)cc1)NCc1ccccn1. The van der Waals surface area contributed by atoms with Crippen LogP contribution in [-0.2, 0) is 17.9 Å². The third-order valence-electron chi connectivity index (χ3n) is 3.82. The minimum absolute atomic E-state index is 0.0938. The van der Waals surface area contributed by atoms with Gasteiger partial charge in [-0.1, -0.05) is 29.8 Å². The van der Waals surface area contributed by atoms with Gasteiger partial charge in [-0.3, -0.25) is 9.78 Å². The van der Waals surface area contributed by atoms with Crippen molar-refractivity contribution in [1.82, 2.24) is 10.3 Å². The molecule has 2 N–H and O–H groups in total. The first kappa shape index (κ1) is 18.7. The number of benzene rings is 2. The van der Waals surface area contributed by atoms with Gasteiger partial charge in [-0.25, -0.2) is 0 Å². The average Bonchev–Trinajstić information content (AvgIpc) is 2.72. The maximum atomic E-state index is 11.9. The highest BCUT2D eigenvalue weighted by Crippen LogP contribution is 2.17. The number of pyridine rings is 1. The van der Waals surface area contributed by atoms with E-state index in [-0.39, 0.29) is 12.5 Å². The molecule has 6 heteroatoms. The highest BCUT2D eigenvalue weighted by molar-refractivity contribution is 6.30. The number of aromatic nitrogens is 1. The molecule has 2 aromatic carbocycles. The first-order valence-corrected chi connectivity index (χ1v) is 8.94. The van der Waals surface area contributed by atoms with E-state index >= 15 is 0 Å². The lowest BCUT2D eigenvalue weighted by Crippen LogP contribution is -2.29. The van der Waals surface area contributed by atoms with Gasteiger partial charge in [0.2, 0.25) is 5.91 Å². The Bertz CT molecular complexity index is 853. The Morgan fingerprint density at radius 1 is 1.00 bits per heavy atom. The van der Waals surface area contributed by atoms with Gasteiger partial charge < -0.3 is 15.4 Å². The highest BCUT2D eigenvalue weighted by Gasteiger charge is 2.02. The second-order valence-corrected chi connectivity index (χ2v) is 6.33. The summed E-state index contributed by atoms with van der Waals surface area (Å²) in [5.41, 5.74) is 2.72. The fourth-order valence-corrected chi connectivity index (χ4v) is 2.48. The summed E-state index contributed by atoms with van der Waals surface area (Å²) < 4.78 is 5.74. The molecule has 0 aliphatic carbocycles. The molecule has 0 atom stereocenters. The minimum Gasteiger partial charge on any atom is -0.489 e. The Hall–Kier alpha value is -3.05. The topological polar surface area (TPSA) is 63.2 Å². The molecule has 0 aliphatic rings. The van der Waals surface area contributed by atoms with E-state index in [2.05, 4.69) is 15.6 Å². The van der Waals surface area contributed by atoms with Crippen molar-refractivity contribution in [3.05, 3.63) is 89.2 Å². The predicted octanol–water partition coefficient (Wildman–Crippen LogP) is 4.04. The van der Waals surface area contributed by atoms with E-state index < -0.39 is 0 Å². The van der Waals surface area contributed by atoms with Crippen LogP contribution in [-0.4, -0.2) is 17.4 Å². The van der Waals surface area contributed by atoms with Gasteiger partial charge in [-0.2, -0.15) is 0 Å². The van der Waals surface area contributed by atoms with Gasteiger partial charge in [0.1, 0.15) is 12.4 Å². The first-order chi connectivity index (χ1) is 13.2. The summed E-state index contributed by atoms with van der Waals surface area (Å²) in [7, 11) is 0. The number of halogens is 1. The van der Waals surface area contributed by atoms with Crippen LogP contribution in [0.25, 0.3) is 0 Å². The number of hydrogen-bond acceptors (Lipinski definition) is 4. The molecule has 0 spiro atoms. The van der Waals surface area contributed by atoms with Crippen molar-refractivity contribution < 1.29 is 9.53 Å². The molecule has 3 aromatic rings. The Labute approximate surface area is 163 Å². The molecule has 1 amide bonds. The van der Waals surface area contributed by atoms with Crippen molar-refractivity contribution in [2.45, 2.75) is 13.2 Å². The molecule has 138 valence electrons. The van der Waals surface area contributed by atoms with Gasteiger partial charge in [0, 0.05) is 16.9 Å². The van der Waals surface area contributed by atoms with E-state index in [1.54, 1.807) is 6.20 Å². The van der Waals surface area contributed by atoms with E-state index in [9.17, 15) is 4.79 Å². The Balaban J connectivity index is 1.40. The average molecular weight is 382 g/mol. The van der Waals surface area contributed by atoms with Crippen LogP contribution in [0.4, 0.5) is 5.69 Å². The standard InChI is InChI=1S/C21H20ClN3O2/c22-17-6-4-16(5-7-17)15-27-20-10-8-18(9-11-20)24-14-21(26)25-13-19-3-1-2-12-23-19/h1-12,24H,13-15H2,(H,25,26). The molecule has 0 bridgehead atoms. The normalized spacial score (nSPS) is 10.3. The van der Waals surface area contributed by atoms with Crippen molar-refractivity contribution in [2.24, 2.45) is 0 Å². The zero-order valence-electron chi connectivity index (χ0n) is 14.7. The number of rotatable bonds is 8. The van der Waals surface area contributed by atoms with Crippen molar-refractivity contribution >= 4 is 23.2 Å². The number of amides is 1. The van der Waals surface area contributed by atoms with E-state index in [1.807, 2.05) is 66.7 Å².